The molecule has 0 bridgehead atoms. The van der Waals surface area contributed by atoms with Crippen LogP contribution in [-0.2, 0) is 0 Å². The number of carbonyl (C=O) groups is 1. The van der Waals surface area contributed by atoms with Crippen molar-refractivity contribution in [2.75, 3.05) is 0 Å². The van der Waals surface area contributed by atoms with Crippen molar-refractivity contribution < 1.29 is 9.90 Å². The molecule has 0 aliphatic rings. The molecule has 1 rings (SSSR count). The van der Waals surface area contributed by atoms with Crippen molar-refractivity contribution in [3.05, 3.63) is 24.0 Å². The molecule has 0 aliphatic heterocycles. The van der Waals surface area contributed by atoms with E-state index in [-0.39, 0.29) is 17.7 Å². The number of rotatable bonds is 3. The third-order valence-corrected chi connectivity index (χ3v) is 1.79. The molecule has 1 aromatic rings. The van der Waals surface area contributed by atoms with Gasteiger partial charge >= 0.3 is 0 Å². The second-order valence-electron chi connectivity index (χ2n) is 3.21. The smallest absolute Gasteiger partial charge is 0.253 e. The Kier molecular flexibility index (Phi) is 3.69. The fourth-order valence-electron chi connectivity index (χ4n) is 1.09. The Morgan fingerprint density at radius 2 is 2.47 bits per heavy atom. The first-order valence-electron chi connectivity index (χ1n) is 4.52. The van der Waals surface area contributed by atoms with E-state index in [9.17, 15) is 4.79 Å². The molecule has 4 nitrogen and oxygen atoms in total. The summed E-state index contributed by atoms with van der Waals surface area (Å²) in [6, 6.07) is 1.26. The summed E-state index contributed by atoms with van der Waals surface area (Å²) in [4.78, 5) is 15.3. The summed E-state index contributed by atoms with van der Waals surface area (Å²) in [5, 5.41) is 11.8. The molecule has 1 unspecified atom stereocenters. The average molecular weight is 204 g/mol. The van der Waals surface area contributed by atoms with Gasteiger partial charge in [-0.05, 0) is 13.0 Å². The van der Waals surface area contributed by atoms with Crippen molar-refractivity contribution in [1.29, 1.82) is 0 Å². The number of aromatic nitrogens is 1. The number of pyridine rings is 1. The lowest BCUT2D eigenvalue weighted by Crippen LogP contribution is -2.32. The van der Waals surface area contributed by atoms with Crippen LogP contribution in [0.15, 0.2) is 18.5 Å². The predicted octanol–water partition coefficient (Wildman–Crippen LogP) is 0.929. The summed E-state index contributed by atoms with van der Waals surface area (Å²) in [5.41, 5.74) is 0.318. The van der Waals surface area contributed by atoms with Gasteiger partial charge < -0.3 is 10.4 Å². The van der Waals surface area contributed by atoms with Crippen molar-refractivity contribution in [2.45, 2.75) is 19.4 Å². The minimum absolute atomic E-state index is 0.0350. The lowest BCUT2D eigenvalue weighted by atomic mass is 10.2. The Balaban J connectivity index is 2.66. The van der Waals surface area contributed by atoms with Crippen LogP contribution in [0.25, 0.3) is 0 Å². The number of carbonyl (C=O) groups excluding carboxylic acids is 1. The van der Waals surface area contributed by atoms with Crippen molar-refractivity contribution in [3.8, 4) is 18.1 Å². The van der Waals surface area contributed by atoms with Crippen molar-refractivity contribution in [3.63, 3.8) is 0 Å². The molecule has 0 aliphatic carbocycles. The molecule has 0 aromatic carbocycles. The maximum Gasteiger partial charge on any atom is 0.253 e. The van der Waals surface area contributed by atoms with Crippen molar-refractivity contribution >= 4 is 5.91 Å². The van der Waals surface area contributed by atoms with Gasteiger partial charge in [0.25, 0.3) is 5.91 Å². The highest BCUT2D eigenvalue weighted by Crippen LogP contribution is 2.08. The molecule has 0 saturated carbocycles. The first-order valence-corrected chi connectivity index (χ1v) is 4.52. The number of terminal acetylenes is 1. The first kappa shape index (κ1) is 11.1. The lowest BCUT2D eigenvalue weighted by Gasteiger charge is -2.10. The Bertz CT molecular complexity index is 396. The number of nitrogens with zero attached hydrogens (tertiary/aromatic N) is 1. The summed E-state index contributed by atoms with van der Waals surface area (Å²) in [6.45, 7) is 1.81. The molecule has 1 amide bonds. The quantitative estimate of drug-likeness (QED) is 0.720. The topological polar surface area (TPSA) is 62.2 Å². The fourth-order valence-corrected chi connectivity index (χ4v) is 1.09. The van der Waals surface area contributed by atoms with E-state index in [1.165, 1.54) is 18.5 Å². The Hall–Kier alpha value is -2.02. The first-order chi connectivity index (χ1) is 7.13. The second-order valence-corrected chi connectivity index (χ2v) is 3.21. The Labute approximate surface area is 88.3 Å². The van der Waals surface area contributed by atoms with Crippen LogP contribution < -0.4 is 5.32 Å². The van der Waals surface area contributed by atoms with Crippen molar-refractivity contribution in [1.82, 2.24) is 10.3 Å². The predicted molar refractivity (Wildman–Crippen MR) is 56.3 cm³/mol. The van der Waals surface area contributed by atoms with E-state index < -0.39 is 0 Å². The molecule has 0 spiro atoms. The fraction of sp³-hybridized carbons (Fsp3) is 0.273. The molecule has 0 radical (unpaired) electrons. The number of aromatic hydroxyl groups is 1. The number of hydrogen-bond donors (Lipinski definition) is 2. The highest BCUT2D eigenvalue weighted by Gasteiger charge is 2.09. The Morgan fingerprint density at radius 1 is 1.73 bits per heavy atom. The van der Waals surface area contributed by atoms with E-state index in [4.69, 9.17) is 11.5 Å². The molecular weight excluding hydrogens is 192 g/mol. The molecule has 0 fully saturated rings. The van der Waals surface area contributed by atoms with Gasteiger partial charge in [0.05, 0.1) is 11.8 Å². The van der Waals surface area contributed by atoms with Crippen LogP contribution in [0.4, 0.5) is 0 Å². The van der Waals surface area contributed by atoms with Crippen molar-refractivity contribution in [2.24, 2.45) is 0 Å². The second kappa shape index (κ2) is 5.01. The van der Waals surface area contributed by atoms with Gasteiger partial charge in [0.15, 0.2) is 0 Å². The lowest BCUT2D eigenvalue weighted by molar-refractivity contribution is 0.0940. The van der Waals surface area contributed by atoms with Crippen LogP contribution in [0.1, 0.15) is 23.7 Å². The van der Waals surface area contributed by atoms with Crippen LogP contribution in [0.3, 0.4) is 0 Å². The summed E-state index contributed by atoms with van der Waals surface area (Å²) < 4.78 is 0. The van der Waals surface area contributed by atoms with Crippen LogP contribution >= 0.6 is 0 Å². The van der Waals surface area contributed by atoms with Crippen LogP contribution in [0.5, 0.6) is 5.75 Å². The highest BCUT2D eigenvalue weighted by atomic mass is 16.3. The van der Waals surface area contributed by atoms with Gasteiger partial charge in [-0.15, -0.1) is 12.3 Å². The minimum atomic E-state index is -0.291. The Morgan fingerprint density at radius 3 is 3.07 bits per heavy atom. The number of hydrogen-bond acceptors (Lipinski definition) is 3. The largest absolute Gasteiger partial charge is 0.506 e. The molecule has 1 atom stereocenters. The summed E-state index contributed by atoms with van der Waals surface area (Å²) in [6.07, 6.45) is 8.24. The van der Waals surface area contributed by atoms with E-state index in [1.54, 1.807) is 0 Å². The van der Waals surface area contributed by atoms with E-state index in [0.29, 0.717) is 12.0 Å². The normalized spacial score (nSPS) is 11.5. The SMILES string of the molecule is C#CCC(C)NC(=O)c1cncc(O)c1. The van der Waals surface area contributed by atoms with Gasteiger partial charge in [-0.25, -0.2) is 0 Å². The van der Waals surface area contributed by atoms with E-state index in [2.05, 4.69) is 16.2 Å². The zero-order chi connectivity index (χ0) is 11.3. The van der Waals surface area contributed by atoms with E-state index in [0.717, 1.165) is 0 Å². The van der Waals surface area contributed by atoms with E-state index >= 15 is 0 Å². The average Bonchev–Trinajstić information content (AvgIpc) is 2.18. The van der Waals surface area contributed by atoms with Crippen LogP contribution in [-0.4, -0.2) is 22.0 Å². The third-order valence-electron chi connectivity index (χ3n) is 1.79. The molecule has 15 heavy (non-hydrogen) atoms. The van der Waals surface area contributed by atoms with Gasteiger partial charge in [0.1, 0.15) is 5.75 Å². The molecule has 2 N–H and O–H groups in total. The van der Waals surface area contributed by atoms with Gasteiger partial charge in [0.2, 0.25) is 0 Å². The molecule has 78 valence electrons. The van der Waals surface area contributed by atoms with E-state index in [1.807, 2.05) is 6.92 Å². The zero-order valence-electron chi connectivity index (χ0n) is 8.40. The van der Waals surface area contributed by atoms with Gasteiger partial charge in [0, 0.05) is 18.7 Å². The molecular formula is C11H12N2O2. The summed E-state index contributed by atoms with van der Waals surface area (Å²) in [5.74, 6) is 2.13. The van der Waals surface area contributed by atoms with Crippen LogP contribution in [0, 0.1) is 12.3 Å². The standard InChI is InChI=1S/C11H12N2O2/c1-3-4-8(2)13-11(15)9-5-10(14)7-12-6-9/h1,5-8,14H,4H2,2H3,(H,13,15). The number of amides is 1. The summed E-state index contributed by atoms with van der Waals surface area (Å²) in [7, 11) is 0. The van der Waals surface area contributed by atoms with Gasteiger partial charge in [-0.3, -0.25) is 9.78 Å². The van der Waals surface area contributed by atoms with Gasteiger partial charge in [-0.2, -0.15) is 0 Å². The maximum atomic E-state index is 11.6. The van der Waals surface area contributed by atoms with Crippen LogP contribution in [0.2, 0.25) is 0 Å². The summed E-state index contributed by atoms with van der Waals surface area (Å²) >= 11 is 0. The third kappa shape index (κ3) is 3.31. The number of nitrogens with one attached hydrogen (secondary N) is 1. The molecule has 4 heteroatoms. The minimum Gasteiger partial charge on any atom is -0.506 e. The zero-order valence-corrected chi connectivity index (χ0v) is 8.40. The monoisotopic (exact) mass is 204 g/mol. The van der Waals surface area contributed by atoms with Gasteiger partial charge in [-0.1, -0.05) is 0 Å². The highest BCUT2D eigenvalue weighted by molar-refractivity contribution is 5.94. The molecule has 1 aromatic heterocycles. The molecule has 0 saturated heterocycles. The maximum absolute atomic E-state index is 11.6. The molecule has 1 heterocycles.